The second-order valence-corrected chi connectivity index (χ2v) is 7.94. The monoisotopic (exact) mass is 503 g/mol. The summed E-state index contributed by atoms with van der Waals surface area (Å²) in [5, 5.41) is 13.9. The number of carbonyl (C=O) groups is 1. The maximum absolute atomic E-state index is 12.5. The summed E-state index contributed by atoms with van der Waals surface area (Å²) in [7, 11) is 0. The van der Waals surface area contributed by atoms with Gasteiger partial charge in [0.1, 0.15) is 23.7 Å². The normalized spacial score (nSPS) is 16.2. The van der Waals surface area contributed by atoms with Crippen LogP contribution in [0, 0.1) is 0 Å². The fourth-order valence-electron chi connectivity index (χ4n) is 3.98. The molecule has 3 aromatic heterocycles. The number of rotatable bonds is 6. The first-order valence-electron chi connectivity index (χ1n) is 11.0. The Morgan fingerprint density at radius 3 is 2.67 bits per heavy atom. The third-order valence-electron chi connectivity index (χ3n) is 5.50. The van der Waals surface area contributed by atoms with Gasteiger partial charge in [-0.3, -0.25) is 0 Å². The summed E-state index contributed by atoms with van der Waals surface area (Å²) in [6.45, 7) is 0.377. The molecule has 0 aliphatic carbocycles. The van der Waals surface area contributed by atoms with Gasteiger partial charge in [0.25, 0.3) is 0 Å². The van der Waals surface area contributed by atoms with E-state index in [9.17, 15) is 18.0 Å². The van der Waals surface area contributed by atoms with Crippen molar-refractivity contribution in [1.82, 2.24) is 29.8 Å². The number of nitrogens with two attached hydrogens (primary N) is 1. The highest BCUT2D eigenvalue weighted by Crippen LogP contribution is 2.32. The van der Waals surface area contributed by atoms with Crippen LogP contribution in [0.4, 0.5) is 18.0 Å². The molecule has 5 rings (SSSR count). The van der Waals surface area contributed by atoms with Crippen molar-refractivity contribution in [1.29, 1.82) is 0 Å². The first-order chi connectivity index (χ1) is 17.3. The van der Waals surface area contributed by atoms with Crippen LogP contribution in [0.15, 0.2) is 42.7 Å². The molecule has 1 aromatic carbocycles. The van der Waals surface area contributed by atoms with E-state index in [4.69, 9.17) is 15.2 Å². The Morgan fingerprint density at radius 1 is 1.17 bits per heavy atom. The minimum Gasteiger partial charge on any atom is -0.443 e. The molecule has 1 unspecified atom stereocenters. The summed E-state index contributed by atoms with van der Waals surface area (Å²) in [4.78, 5) is 17.2. The third-order valence-corrected chi connectivity index (χ3v) is 5.50. The Bertz CT molecular complexity index is 1380. The summed E-state index contributed by atoms with van der Waals surface area (Å²) in [5.41, 5.74) is 7.38. The summed E-state index contributed by atoms with van der Waals surface area (Å²) in [6.07, 6.45) is -0.131. The van der Waals surface area contributed by atoms with E-state index in [2.05, 4.69) is 25.0 Å². The Kier molecular flexibility index (Phi) is 6.18. The van der Waals surface area contributed by atoms with Crippen LogP contribution < -0.4 is 10.5 Å². The first kappa shape index (κ1) is 23.5. The molecule has 36 heavy (non-hydrogen) atoms. The molecule has 1 atom stereocenters. The van der Waals surface area contributed by atoms with E-state index in [1.165, 1.54) is 21.6 Å². The lowest BCUT2D eigenvalue weighted by molar-refractivity contribution is -0.274. The van der Waals surface area contributed by atoms with E-state index >= 15 is 0 Å². The topological polar surface area (TPSA) is 132 Å². The highest BCUT2D eigenvalue weighted by Gasteiger charge is 2.31. The van der Waals surface area contributed by atoms with Crippen LogP contribution in [-0.2, 0) is 16.1 Å². The smallest absolute Gasteiger partial charge is 0.443 e. The number of primary amides is 1. The van der Waals surface area contributed by atoms with Gasteiger partial charge in [0, 0.05) is 18.4 Å². The van der Waals surface area contributed by atoms with Gasteiger partial charge in [-0.25, -0.2) is 14.5 Å². The second-order valence-electron chi connectivity index (χ2n) is 7.94. The Labute approximate surface area is 201 Å². The lowest BCUT2D eigenvalue weighted by Crippen LogP contribution is -2.20. The number of carbonyl (C=O) groups excluding carboxylic acids is 1. The van der Waals surface area contributed by atoms with Crippen molar-refractivity contribution in [2.45, 2.75) is 38.5 Å². The minimum absolute atomic E-state index is 0.257. The molecule has 14 heteroatoms. The molecule has 1 fully saturated rings. The molecule has 2 N–H and O–H groups in total. The maximum Gasteiger partial charge on any atom is 0.573 e. The molecule has 1 amide bonds. The zero-order chi connectivity index (χ0) is 25.3. The van der Waals surface area contributed by atoms with Crippen molar-refractivity contribution >= 4 is 17.1 Å². The maximum atomic E-state index is 12.5. The van der Waals surface area contributed by atoms with Crippen LogP contribution in [0.25, 0.3) is 28.0 Å². The number of halogens is 3. The van der Waals surface area contributed by atoms with E-state index in [1.807, 2.05) is 0 Å². The van der Waals surface area contributed by atoms with Gasteiger partial charge in [-0.1, -0.05) is 0 Å². The highest BCUT2D eigenvalue weighted by molar-refractivity contribution is 5.94. The molecule has 1 aliphatic heterocycles. The van der Waals surface area contributed by atoms with Gasteiger partial charge >= 0.3 is 12.5 Å². The van der Waals surface area contributed by atoms with Crippen LogP contribution >= 0.6 is 0 Å². The average Bonchev–Trinajstić information content (AvgIpc) is 3.48. The van der Waals surface area contributed by atoms with Gasteiger partial charge in [0.15, 0.2) is 11.9 Å². The number of alkyl halides is 3. The van der Waals surface area contributed by atoms with Gasteiger partial charge < -0.3 is 19.9 Å². The first-order valence-corrected chi connectivity index (χ1v) is 11.0. The van der Waals surface area contributed by atoms with Crippen LogP contribution in [0.5, 0.6) is 5.75 Å². The number of nitrogens with zero attached hydrogens (tertiary/aromatic N) is 6. The van der Waals surface area contributed by atoms with Gasteiger partial charge in [0.2, 0.25) is 0 Å². The van der Waals surface area contributed by atoms with Crippen molar-refractivity contribution in [3.63, 3.8) is 0 Å². The van der Waals surface area contributed by atoms with Crippen LogP contribution in [0.2, 0.25) is 0 Å². The fourth-order valence-corrected chi connectivity index (χ4v) is 3.98. The number of hydrogen-bond donors (Lipinski definition) is 1. The molecule has 0 saturated carbocycles. The number of fused-ring (bicyclic) bond motifs is 1. The largest absolute Gasteiger partial charge is 0.573 e. The third kappa shape index (κ3) is 4.93. The number of benzene rings is 1. The Balaban J connectivity index is 1.56. The molecule has 188 valence electrons. The number of aromatic nitrogens is 6. The quantitative estimate of drug-likeness (QED) is 0.419. The Hall–Kier alpha value is -4.20. The lowest BCUT2D eigenvalue weighted by Gasteiger charge is -2.21. The van der Waals surface area contributed by atoms with E-state index in [0.717, 1.165) is 31.4 Å². The summed E-state index contributed by atoms with van der Waals surface area (Å²) in [6, 6.07) is 6.85. The molecule has 1 aliphatic rings. The Morgan fingerprint density at radius 2 is 1.97 bits per heavy atom. The predicted octanol–water partition coefficient (Wildman–Crippen LogP) is 3.87. The van der Waals surface area contributed by atoms with Crippen molar-refractivity contribution in [3.8, 4) is 22.7 Å². The molecule has 4 aromatic rings. The van der Waals surface area contributed by atoms with Crippen molar-refractivity contribution in [3.05, 3.63) is 48.4 Å². The number of amides is 1. The molecule has 4 heterocycles. The van der Waals surface area contributed by atoms with E-state index < -0.39 is 12.5 Å². The minimum atomic E-state index is -4.81. The fraction of sp³-hybridized carbons (Fsp3) is 0.318. The summed E-state index contributed by atoms with van der Waals surface area (Å²) >= 11 is 0. The summed E-state index contributed by atoms with van der Waals surface area (Å²) in [5.74, 6) is -0.379. The number of pyridine rings is 1. The van der Waals surface area contributed by atoms with Crippen LogP contribution in [-0.4, -0.2) is 48.8 Å². The van der Waals surface area contributed by atoms with Crippen LogP contribution in [0.1, 0.15) is 31.2 Å². The molecule has 11 nitrogen and oxygen atoms in total. The van der Waals surface area contributed by atoms with E-state index in [1.54, 1.807) is 18.5 Å². The van der Waals surface area contributed by atoms with Crippen molar-refractivity contribution < 1.29 is 32.2 Å². The lowest BCUT2D eigenvalue weighted by atomic mass is 10.1. The highest BCUT2D eigenvalue weighted by atomic mass is 19.4. The molecule has 0 bridgehead atoms. The zero-order valence-corrected chi connectivity index (χ0v) is 18.7. The number of ether oxygens (including phenoxy) is 3. The van der Waals surface area contributed by atoms with E-state index in [0.29, 0.717) is 40.3 Å². The standard InChI is InChI=1S/C22H20F3N7O4/c23-22(24,25)36-14-6-4-13(5-7-14)31-20-19(17(29-31)12-35-21(26)33)15(8-9-27-20)16-11-28-32(30-16)18-3-1-2-10-34-18/h4-9,11,18H,1-3,10,12H2,(H2,26,33). The second kappa shape index (κ2) is 9.45. The molecule has 1 saturated heterocycles. The van der Waals surface area contributed by atoms with E-state index in [-0.39, 0.29) is 18.6 Å². The van der Waals surface area contributed by atoms with Crippen molar-refractivity contribution in [2.24, 2.45) is 5.73 Å². The van der Waals surface area contributed by atoms with Crippen LogP contribution in [0.3, 0.4) is 0 Å². The average molecular weight is 503 g/mol. The van der Waals surface area contributed by atoms with Gasteiger partial charge in [-0.2, -0.15) is 20.1 Å². The molecular weight excluding hydrogens is 483 g/mol. The van der Waals surface area contributed by atoms with Gasteiger partial charge in [-0.05, 0) is 49.6 Å². The van der Waals surface area contributed by atoms with Crippen molar-refractivity contribution in [2.75, 3.05) is 6.61 Å². The molecule has 0 spiro atoms. The number of hydrogen-bond acceptors (Lipinski definition) is 8. The molecular formula is C22H20F3N7O4. The molecule has 0 radical (unpaired) electrons. The van der Waals surface area contributed by atoms with Gasteiger partial charge in [0.05, 0.1) is 17.3 Å². The predicted molar refractivity (Wildman–Crippen MR) is 118 cm³/mol. The summed E-state index contributed by atoms with van der Waals surface area (Å²) < 4.78 is 53.7. The SMILES string of the molecule is NC(=O)OCc1nn(-c2ccc(OC(F)(F)F)cc2)c2nccc(-c3cnn(C4CCCCO4)n3)c12. The zero-order valence-electron chi connectivity index (χ0n) is 18.7. The van der Waals surface area contributed by atoms with Gasteiger partial charge in [-0.15, -0.1) is 13.2 Å².